The lowest BCUT2D eigenvalue weighted by atomic mass is 9.94. The fourth-order valence-corrected chi connectivity index (χ4v) is 4.68. The second kappa shape index (κ2) is 8.49. The number of amides is 1. The summed E-state index contributed by atoms with van der Waals surface area (Å²) in [6, 6.07) is 7.85. The first-order valence-electron chi connectivity index (χ1n) is 9.71. The second-order valence-electron chi connectivity index (χ2n) is 7.17. The molecule has 0 bridgehead atoms. The molecule has 0 saturated carbocycles. The average Bonchev–Trinajstić information content (AvgIpc) is 3.52. The Hall–Kier alpha value is -2.84. The van der Waals surface area contributed by atoms with Crippen LogP contribution in [0.5, 0.6) is 11.5 Å². The van der Waals surface area contributed by atoms with Gasteiger partial charge >= 0.3 is 0 Å². The van der Waals surface area contributed by atoms with Crippen molar-refractivity contribution < 1.29 is 28.9 Å². The molecular formula is C22H23NO6S. The molecule has 0 spiro atoms. The number of aliphatic hydroxyl groups excluding tert-OH is 1. The first-order valence-corrected chi connectivity index (χ1v) is 10.6. The van der Waals surface area contributed by atoms with Gasteiger partial charge in [-0.3, -0.25) is 9.59 Å². The Morgan fingerprint density at radius 3 is 2.77 bits per heavy atom. The maximum absolute atomic E-state index is 13.3. The Kier molecular flexibility index (Phi) is 5.78. The van der Waals surface area contributed by atoms with Gasteiger partial charge < -0.3 is 24.2 Å². The van der Waals surface area contributed by atoms with E-state index in [2.05, 4.69) is 0 Å². The van der Waals surface area contributed by atoms with Crippen molar-refractivity contribution in [2.24, 2.45) is 0 Å². The Balaban J connectivity index is 1.83. The monoisotopic (exact) mass is 429 g/mol. The molecule has 2 aliphatic rings. The number of hydrogen-bond donors (Lipinski definition) is 1. The lowest BCUT2D eigenvalue weighted by Gasteiger charge is -2.30. The van der Waals surface area contributed by atoms with Crippen LogP contribution in [0.3, 0.4) is 0 Å². The molecule has 1 amide bonds. The van der Waals surface area contributed by atoms with E-state index in [9.17, 15) is 14.7 Å². The van der Waals surface area contributed by atoms with Crippen molar-refractivity contribution in [1.82, 2.24) is 4.90 Å². The van der Waals surface area contributed by atoms with Crippen molar-refractivity contribution >= 4 is 23.0 Å². The summed E-state index contributed by atoms with van der Waals surface area (Å²) in [5, 5.41) is 12.5. The molecule has 0 radical (unpaired) electrons. The van der Waals surface area contributed by atoms with Gasteiger partial charge in [0.15, 0.2) is 5.76 Å². The van der Waals surface area contributed by atoms with E-state index in [1.807, 2.05) is 0 Å². The number of benzene rings is 1. The standard InChI is InChI=1S/C22H23NO6S/c1-27-13-7-8-16(28-2)15(11-13)19-18(20(24)17-6-4-10-30-17)21(25)22(26)23(19)12-14-5-3-9-29-14/h4,6-8,10-11,14,19,25H,3,5,9,12H2,1-2H3/t14-,19-/m0/s1. The number of carbonyl (C=O) groups excluding carboxylic acids is 2. The van der Waals surface area contributed by atoms with Crippen LogP contribution in [0.15, 0.2) is 47.0 Å². The molecule has 3 heterocycles. The van der Waals surface area contributed by atoms with Crippen molar-refractivity contribution in [3.8, 4) is 11.5 Å². The van der Waals surface area contributed by atoms with Crippen LogP contribution in [-0.2, 0) is 9.53 Å². The molecule has 7 nitrogen and oxygen atoms in total. The summed E-state index contributed by atoms with van der Waals surface area (Å²) in [5.41, 5.74) is 0.624. The first-order chi connectivity index (χ1) is 14.5. The summed E-state index contributed by atoms with van der Waals surface area (Å²) >= 11 is 1.26. The summed E-state index contributed by atoms with van der Waals surface area (Å²) in [6.45, 7) is 0.912. The Labute approximate surface area is 178 Å². The molecule has 158 valence electrons. The predicted molar refractivity (Wildman–Crippen MR) is 111 cm³/mol. The van der Waals surface area contributed by atoms with Crippen LogP contribution in [0.1, 0.15) is 34.1 Å². The van der Waals surface area contributed by atoms with E-state index in [1.165, 1.54) is 23.3 Å². The fourth-order valence-electron chi connectivity index (χ4n) is 4.00. The Bertz CT molecular complexity index is 978. The van der Waals surface area contributed by atoms with Crippen LogP contribution in [0.25, 0.3) is 0 Å². The van der Waals surface area contributed by atoms with Gasteiger partial charge in [-0.2, -0.15) is 0 Å². The largest absolute Gasteiger partial charge is 0.503 e. The van der Waals surface area contributed by atoms with Crippen LogP contribution >= 0.6 is 11.3 Å². The van der Waals surface area contributed by atoms with Crippen molar-refractivity contribution in [2.75, 3.05) is 27.4 Å². The topological polar surface area (TPSA) is 85.3 Å². The second-order valence-corrected chi connectivity index (χ2v) is 8.12. The number of carbonyl (C=O) groups is 2. The van der Waals surface area contributed by atoms with Crippen molar-refractivity contribution in [2.45, 2.75) is 25.0 Å². The number of hydrogen-bond acceptors (Lipinski definition) is 7. The Morgan fingerprint density at radius 2 is 2.13 bits per heavy atom. The van der Waals surface area contributed by atoms with Crippen molar-refractivity contribution in [1.29, 1.82) is 0 Å². The quantitative estimate of drug-likeness (QED) is 0.678. The van der Waals surface area contributed by atoms with Gasteiger partial charge in [-0.25, -0.2) is 0 Å². The smallest absolute Gasteiger partial charge is 0.290 e. The normalized spacial score (nSPS) is 21.4. The minimum Gasteiger partial charge on any atom is -0.503 e. The van der Waals surface area contributed by atoms with Gasteiger partial charge in [0, 0.05) is 18.7 Å². The van der Waals surface area contributed by atoms with Gasteiger partial charge in [-0.15, -0.1) is 11.3 Å². The summed E-state index contributed by atoms with van der Waals surface area (Å²) in [7, 11) is 3.07. The first kappa shape index (κ1) is 20.4. The number of aliphatic hydroxyl groups is 1. The lowest BCUT2D eigenvalue weighted by molar-refractivity contribution is -0.131. The van der Waals surface area contributed by atoms with Crippen molar-refractivity contribution in [3.63, 3.8) is 0 Å². The van der Waals surface area contributed by atoms with E-state index in [0.717, 1.165) is 12.8 Å². The van der Waals surface area contributed by atoms with Crippen LogP contribution < -0.4 is 9.47 Å². The number of ether oxygens (including phenoxy) is 3. The van der Waals surface area contributed by atoms with Gasteiger partial charge in [-0.05, 0) is 42.5 Å². The maximum atomic E-state index is 13.3. The molecule has 2 atom stereocenters. The van der Waals surface area contributed by atoms with Gasteiger partial charge in [0.1, 0.15) is 11.5 Å². The molecule has 1 aromatic carbocycles. The lowest BCUT2D eigenvalue weighted by Crippen LogP contribution is -2.37. The molecule has 30 heavy (non-hydrogen) atoms. The molecule has 0 unspecified atom stereocenters. The highest BCUT2D eigenvalue weighted by Gasteiger charge is 2.46. The molecule has 2 aliphatic heterocycles. The van der Waals surface area contributed by atoms with Gasteiger partial charge in [-0.1, -0.05) is 6.07 Å². The highest BCUT2D eigenvalue weighted by atomic mass is 32.1. The van der Waals surface area contributed by atoms with E-state index >= 15 is 0 Å². The molecule has 0 aliphatic carbocycles. The number of nitrogens with zero attached hydrogens (tertiary/aromatic N) is 1. The molecular weight excluding hydrogens is 406 g/mol. The number of rotatable bonds is 7. The van der Waals surface area contributed by atoms with Crippen LogP contribution in [-0.4, -0.2) is 55.2 Å². The Morgan fingerprint density at radius 1 is 1.30 bits per heavy atom. The third kappa shape index (κ3) is 3.57. The fraction of sp³-hybridized carbons (Fsp3) is 0.364. The highest BCUT2D eigenvalue weighted by Crippen LogP contribution is 2.44. The van der Waals surface area contributed by atoms with Crippen LogP contribution in [0.2, 0.25) is 0 Å². The maximum Gasteiger partial charge on any atom is 0.290 e. The van der Waals surface area contributed by atoms with Gasteiger partial charge in [0.2, 0.25) is 5.78 Å². The minimum absolute atomic E-state index is 0.0481. The average molecular weight is 429 g/mol. The van der Waals surface area contributed by atoms with Crippen LogP contribution in [0.4, 0.5) is 0 Å². The molecule has 1 saturated heterocycles. The third-order valence-electron chi connectivity index (χ3n) is 5.45. The van der Waals surface area contributed by atoms with Gasteiger partial charge in [0.05, 0.1) is 36.8 Å². The van der Waals surface area contributed by atoms with E-state index in [1.54, 1.807) is 42.8 Å². The minimum atomic E-state index is -0.804. The summed E-state index contributed by atoms with van der Waals surface area (Å²) < 4.78 is 16.6. The third-order valence-corrected chi connectivity index (χ3v) is 6.32. The van der Waals surface area contributed by atoms with E-state index in [4.69, 9.17) is 14.2 Å². The predicted octanol–water partition coefficient (Wildman–Crippen LogP) is 3.52. The summed E-state index contributed by atoms with van der Waals surface area (Å²) in [4.78, 5) is 28.3. The molecule has 2 aromatic rings. The highest BCUT2D eigenvalue weighted by molar-refractivity contribution is 7.12. The van der Waals surface area contributed by atoms with Gasteiger partial charge in [0.25, 0.3) is 5.91 Å². The number of thiophene rings is 1. The van der Waals surface area contributed by atoms with Crippen molar-refractivity contribution in [3.05, 3.63) is 57.5 Å². The summed E-state index contributed by atoms with van der Waals surface area (Å²) in [6.07, 6.45) is 1.60. The van der Waals surface area contributed by atoms with E-state index < -0.39 is 17.7 Å². The molecule has 8 heteroatoms. The number of methoxy groups -OCH3 is 2. The zero-order valence-electron chi connectivity index (χ0n) is 16.8. The summed E-state index contributed by atoms with van der Waals surface area (Å²) in [5.74, 6) is -0.427. The molecule has 1 fully saturated rings. The van der Waals surface area contributed by atoms with E-state index in [0.29, 0.717) is 28.5 Å². The molecule has 4 rings (SSSR count). The molecule has 1 aromatic heterocycles. The molecule has 1 N–H and O–H groups in total. The van der Waals surface area contributed by atoms with Crippen LogP contribution in [0, 0.1) is 0 Å². The van der Waals surface area contributed by atoms with E-state index in [-0.39, 0.29) is 24.0 Å². The zero-order chi connectivity index (χ0) is 21.3. The zero-order valence-corrected chi connectivity index (χ0v) is 17.6. The number of ketones is 1. The SMILES string of the molecule is COc1ccc(OC)c([C@H]2C(C(=O)c3cccs3)=C(O)C(=O)N2C[C@@H]2CCCO2)c1. The number of Topliss-reactive ketones (excluding diaryl/α,β-unsaturated/α-hetero) is 1.